The number of benzene rings is 5. The van der Waals surface area contributed by atoms with Gasteiger partial charge in [0.2, 0.25) is 5.78 Å². The van der Waals surface area contributed by atoms with E-state index in [1.165, 1.54) is 24.3 Å². The summed E-state index contributed by atoms with van der Waals surface area (Å²) in [7, 11) is 0. The third-order valence-electron chi connectivity index (χ3n) is 7.63. The van der Waals surface area contributed by atoms with E-state index in [1.807, 2.05) is 36.4 Å². The fraction of sp³-hybridized carbons (Fsp3) is 0.143. The second-order valence-corrected chi connectivity index (χ2v) is 9.93. The van der Waals surface area contributed by atoms with Gasteiger partial charge in [-0.3, -0.25) is 4.79 Å². The Morgan fingerprint density at radius 1 is 0.718 bits per heavy atom. The van der Waals surface area contributed by atoms with Crippen LogP contribution in [0.25, 0.3) is 10.8 Å². The highest BCUT2D eigenvalue weighted by atomic mass is 19.1. The topological polar surface area (TPSA) is 29.4 Å². The molecule has 0 heterocycles. The van der Waals surface area contributed by atoms with E-state index in [0.717, 1.165) is 62.7 Å². The molecule has 0 saturated carbocycles. The van der Waals surface area contributed by atoms with Gasteiger partial charge in [0.15, 0.2) is 0 Å². The molecule has 0 aliphatic heterocycles. The normalized spacial score (nSPS) is 13.7. The molecule has 1 aliphatic rings. The predicted octanol–water partition coefficient (Wildman–Crippen LogP) is 8.74. The number of Topliss-reactive ketones (excluding diaryl/α,β-unsaturated/α-hetero) is 1. The lowest BCUT2D eigenvalue weighted by molar-refractivity contribution is 0.107. The Balaban J connectivity index is 1.64. The number of hydrogen-bond donors (Lipinski definition) is 0. The molecule has 5 aromatic rings. The van der Waals surface area contributed by atoms with Crippen molar-refractivity contribution in [3.63, 3.8) is 0 Å². The maximum absolute atomic E-state index is 14.0. The van der Waals surface area contributed by atoms with E-state index < -0.39 is 0 Å². The van der Waals surface area contributed by atoms with Crippen LogP contribution < -0.4 is 0 Å². The van der Waals surface area contributed by atoms with Crippen LogP contribution in [-0.4, -0.2) is 11.5 Å². The summed E-state index contributed by atoms with van der Waals surface area (Å²) in [5, 5.41) is 1.94. The summed E-state index contributed by atoms with van der Waals surface area (Å²) in [4.78, 5) is 18.8. The van der Waals surface area contributed by atoms with Gasteiger partial charge in [0.05, 0.1) is 5.69 Å². The maximum atomic E-state index is 14.0. The van der Waals surface area contributed by atoms with Crippen molar-refractivity contribution in [1.82, 2.24) is 0 Å². The highest BCUT2D eigenvalue weighted by molar-refractivity contribution is 6.59. The SMILES string of the molecule is CCc1cc(CC)c(N=C2C(=O)c3cccc4cccc2c34)c(C(c2ccc(F)cc2)c2ccc(F)cc2)c1. The van der Waals surface area contributed by atoms with Gasteiger partial charge in [0.1, 0.15) is 17.3 Å². The van der Waals surface area contributed by atoms with E-state index in [2.05, 4.69) is 26.0 Å². The maximum Gasteiger partial charge on any atom is 0.212 e. The molecule has 39 heavy (non-hydrogen) atoms. The molecule has 0 aromatic heterocycles. The summed E-state index contributed by atoms with van der Waals surface area (Å²) >= 11 is 0. The molecule has 6 rings (SSSR count). The molecule has 0 amide bonds. The van der Waals surface area contributed by atoms with Crippen molar-refractivity contribution < 1.29 is 13.6 Å². The van der Waals surface area contributed by atoms with Gasteiger partial charge in [0.25, 0.3) is 0 Å². The zero-order valence-electron chi connectivity index (χ0n) is 21.8. The van der Waals surface area contributed by atoms with Gasteiger partial charge in [-0.05, 0) is 70.3 Å². The van der Waals surface area contributed by atoms with Crippen LogP contribution in [0.4, 0.5) is 14.5 Å². The molecule has 2 nitrogen and oxygen atoms in total. The molecule has 0 spiro atoms. The first kappa shape index (κ1) is 24.9. The van der Waals surface area contributed by atoms with Gasteiger partial charge < -0.3 is 0 Å². The minimum Gasteiger partial charge on any atom is -0.287 e. The smallest absolute Gasteiger partial charge is 0.212 e. The number of nitrogens with zero attached hydrogens (tertiary/aromatic N) is 1. The minimum atomic E-state index is -0.336. The van der Waals surface area contributed by atoms with Crippen LogP contribution in [0.15, 0.2) is 102 Å². The van der Waals surface area contributed by atoms with Crippen LogP contribution in [0, 0.1) is 11.6 Å². The highest BCUT2D eigenvalue weighted by Crippen LogP contribution is 2.42. The monoisotopic (exact) mass is 515 g/mol. The number of aryl methyl sites for hydroxylation is 2. The molecule has 1 aliphatic carbocycles. The zero-order chi connectivity index (χ0) is 27.1. The molecular formula is C35H27F2NO. The summed E-state index contributed by atoms with van der Waals surface area (Å²) < 4.78 is 27.9. The predicted molar refractivity (Wildman–Crippen MR) is 153 cm³/mol. The second-order valence-electron chi connectivity index (χ2n) is 9.93. The van der Waals surface area contributed by atoms with Crippen LogP contribution in [0.2, 0.25) is 0 Å². The first-order valence-electron chi connectivity index (χ1n) is 13.3. The molecule has 0 atom stereocenters. The molecule has 0 saturated heterocycles. The van der Waals surface area contributed by atoms with Gasteiger partial charge in [0, 0.05) is 22.4 Å². The van der Waals surface area contributed by atoms with E-state index >= 15 is 0 Å². The number of carbonyl (C=O) groups is 1. The fourth-order valence-electron chi connectivity index (χ4n) is 5.68. The van der Waals surface area contributed by atoms with E-state index in [1.54, 1.807) is 24.3 Å². The van der Waals surface area contributed by atoms with Crippen molar-refractivity contribution in [2.24, 2.45) is 4.99 Å². The third-order valence-corrected chi connectivity index (χ3v) is 7.63. The number of ketones is 1. The first-order valence-corrected chi connectivity index (χ1v) is 13.3. The Kier molecular flexibility index (Phi) is 6.40. The zero-order valence-corrected chi connectivity index (χ0v) is 21.8. The number of aliphatic imine (C=N–C) groups is 1. The summed E-state index contributed by atoms with van der Waals surface area (Å²) in [5.74, 6) is -1.07. The third kappa shape index (κ3) is 4.36. The number of halogens is 2. The van der Waals surface area contributed by atoms with Crippen molar-refractivity contribution >= 4 is 28.0 Å². The Hall–Kier alpha value is -4.44. The molecule has 192 valence electrons. The Morgan fingerprint density at radius 3 is 1.87 bits per heavy atom. The molecule has 0 N–H and O–H groups in total. The van der Waals surface area contributed by atoms with Crippen molar-refractivity contribution in [1.29, 1.82) is 0 Å². The summed E-state index contributed by atoms with van der Waals surface area (Å²) in [6.45, 7) is 4.19. The molecule has 0 fully saturated rings. The standard InChI is InChI=1S/C35H27F2NO/c1-3-21-19-22(4-2)33(38-34-28-9-5-7-23-8-6-10-29(32(23)28)35(34)39)30(20-21)31(24-11-15-26(36)16-12-24)25-13-17-27(37)18-14-25/h5-20,31H,3-4H2,1-2H3. The van der Waals surface area contributed by atoms with Crippen LogP contribution in [-0.2, 0) is 12.8 Å². The molecular weight excluding hydrogens is 488 g/mol. The average Bonchev–Trinajstić information content (AvgIpc) is 3.23. The quantitative estimate of drug-likeness (QED) is 0.208. The van der Waals surface area contributed by atoms with Crippen LogP contribution in [0.3, 0.4) is 0 Å². The van der Waals surface area contributed by atoms with Crippen molar-refractivity contribution in [3.05, 3.63) is 148 Å². The average molecular weight is 516 g/mol. The Bertz CT molecular complexity index is 1700. The number of hydrogen-bond acceptors (Lipinski definition) is 2. The molecule has 0 unspecified atom stereocenters. The van der Waals surface area contributed by atoms with Crippen molar-refractivity contribution in [2.75, 3.05) is 0 Å². The van der Waals surface area contributed by atoms with Crippen molar-refractivity contribution in [2.45, 2.75) is 32.6 Å². The van der Waals surface area contributed by atoms with Gasteiger partial charge in [-0.15, -0.1) is 0 Å². The molecule has 0 radical (unpaired) electrons. The van der Waals surface area contributed by atoms with Gasteiger partial charge in [-0.1, -0.05) is 86.6 Å². The lowest BCUT2D eigenvalue weighted by atomic mass is 9.82. The number of rotatable bonds is 6. The molecule has 5 aromatic carbocycles. The van der Waals surface area contributed by atoms with E-state index in [9.17, 15) is 13.6 Å². The van der Waals surface area contributed by atoms with Crippen molar-refractivity contribution in [3.8, 4) is 0 Å². The van der Waals surface area contributed by atoms with Gasteiger partial charge >= 0.3 is 0 Å². The summed E-state index contributed by atoms with van der Waals surface area (Å²) in [5.41, 5.74) is 7.48. The summed E-state index contributed by atoms with van der Waals surface area (Å²) in [6, 6.07) is 28.8. The van der Waals surface area contributed by atoms with E-state index in [0.29, 0.717) is 11.3 Å². The van der Waals surface area contributed by atoms with Gasteiger partial charge in [-0.2, -0.15) is 0 Å². The Labute approximate surface area is 226 Å². The molecule has 0 bridgehead atoms. The minimum absolute atomic E-state index is 0.0884. The van der Waals surface area contributed by atoms with Crippen LogP contribution in [0.5, 0.6) is 0 Å². The van der Waals surface area contributed by atoms with Crippen LogP contribution >= 0.6 is 0 Å². The van der Waals surface area contributed by atoms with E-state index in [-0.39, 0.29) is 23.3 Å². The number of carbonyl (C=O) groups excluding carboxylic acids is 1. The summed E-state index contributed by atoms with van der Waals surface area (Å²) in [6.07, 6.45) is 1.54. The second kappa shape index (κ2) is 10.0. The first-order chi connectivity index (χ1) is 19.0. The van der Waals surface area contributed by atoms with Crippen LogP contribution in [0.1, 0.15) is 63.5 Å². The lowest BCUT2D eigenvalue weighted by Crippen LogP contribution is -2.11. The Morgan fingerprint density at radius 2 is 1.31 bits per heavy atom. The highest BCUT2D eigenvalue weighted by Gasteiger charge is 2.30. The van der Waals surface area contributed by atoms with Gasteiger partial charge in [-0.25, -0.2) is 13.8 Å². The molecule has 4 heteroatoms. The largest absolute Gasteiger partial charge is 0.287 e. The lowest BCUT2D eigenvalue weighted by Gasteiger charge is -2.23. The fourth-order valence-corrected chi connectivity index (χ4v) is 5.68. The van der Waals surface area contributed by atoms with E-state index in [4.69, 9.17) is 4.99 Å².